The van der Waals surface area contributed by atoms with Crippen molar-refractivity contribution >= 4 is 24.3 Å². The molecule has 4 atom stereocenters. The third kappa shape index (κ3) is 6.05. The van der Waals surface area contributed by atoms with Crippen LogP contribution in [0.3, 0.4) is 0 Å². The van der Waals surface area contributed by atoms with Crippen LogP contribution in [-0.2, 0) is 44.7 Å². The van der Waals surface area contributed by atoms with Gasteiger partial charge in [0.25, 0.3) is 0 Å². The van der Waals surface area contributed by atoms with Crippen molar-refractivity contribution in [3.63, 3.8) is 0 Å². The summed E-state index contributed by atoms with van der Waals surface area (Å²) in [4.78, 5) is 47.3. The van der Waals surface area contributed by atoms with Crippen molar-refractivity contribution in [2.45, 2.75) is 51.9 Å². The lowest BCUT2D eigenvalue weighted by atomic mass is 10.1. The molecule has 1 aromatic carbocycles. The van der Waals surface area contributed by atoms with Crippen molar-refractivity contribution in [1.82, 2.24) is 4.90 Å². The Kier molecular flexibility index (Phi) is 7.51. The highest BCUT2D eigenvalue weighted by Crippen LogP contribution is 2.29. The molecule has 0 aromatic heterocycles. The molecule has 1 amide bonds. The van der Waals surface area contributed by atoms with E-state index in [1.165, 1.54) is 25.7 Å². The number of hydrogen-bond donors (Lipinski definition) is 0. The predicted octanol–water partition coefficient (Wildman–Crippen LogP) is 0.796. The summed E-state index contributed by atoms with van der Waals surface area (Å²) >= 11 is 0. The molecule has 0 radical (unpaired) electrons. The normalized spacial score (nSPS) is 23.5. The molecule has 1 aliphatic heterocycles. The fourth-order valence-corrected chi connectivity index (χ4v) is 2.94. The van der Waals surface area contributed by atoms with Gasteiger partial charge >= 0.3 is 17.9 Å². The first kappa shape index (κ1) is 21.4. The molecule has 1 fully saturated rings. The van der Waals surface area contributed by atoms with Crippen LogP contribution in [-0.4, -0.2) is 60.4 Å². The Hall–Kier alpha value is -2.94. The molecule has 28 heavy (non-hydrogen) atoms. The Morgan fingerprint density at radius 3 is 2.07 bits per heavy atom. The van der Waals surface area contributed by atoms with Crippen LogP contribution in [0, 0.1) is 0 Å². The van der Waals surface area contributed by atoms with E-state index in [-0.39, 0.29) is 6.54 Å². The molecule has 9 nitrogen and oxygen atoms in total. The fourth-order valence-electron chi connectivity index (χ4n) is 2.94. The second kappa shape index (κ2) is 9.84. The Bertz CT molecular complexity index is 707. The van der Waals surface area contributed by atoms with Gasteiger partial charge < -0.3 is 23.8 Å². The van der Waals surface area contributed by atoms with Gasteiger partial charge in [-0.3, -0.25) is 19.2 Å². The number of nitrogens with zero attached hydrogens (tertiary/aromatic N) is 1. The Labute approximate surface area is 162 Å². The maximum absolute atomic E-state index is 11.5. The third-order valence-corrected chi connectivity index (χ3v) is 3.95. The predicted molar refractivity (Wildman–Crippen MR) is 94.5 cm³/mol. The number of ether oxygens (including phenoxy) is 4. The van der Waals surface area contributed by atoms with E-state index in [4.69, 9.17) is 18.9 Å². The first-order valence-electron chi connectivity index (χ1n) is 8.70. The number of hydrogen-bond acceptors (Lipinski definition) is 8. The lowest BCUT2D eigenvalue weighted by Crippen LogP contribution is -2.44. The summed E-state index contributed by atoms with van der Waals surface area (Å²) in [6.45, 7) is 3.88. The summed E-state index contributed by atoms with van der Waals surface area (Å²) in [5, 5.41) is 0. The van der Waals surface area contributed by atoms with Crippen molar-refractivity contribution in [3.05, 3.63) is 35.9 Å². The molecule has 0 spiro atoms. The Balaban J connectivity index is 2.20. The van der Waals surface area contributed by atoms with Gasteiger partial charge in [-0.25, -0.2) is 0 Å². The molecule has 9 heteroatoms. The number of amides is 1. The summed E-state index contributed by atoms with van der Waals surface area (Å²) in [7, 11) is 0. The van der Waals surface area contributed by atoms with E-state index in [2.05, 4.69) is 0 Å². The van der Waals surface area contributed by atoms with Crippen molar-refractivity contribution in [1.29, 1.82) is 0 Å². The largest absolute Gasteiger partial charge is 0.455 e. The highest BCUT2D eigenvalue weighted by molar-refractivity contribution is 5.68. The summed E-state index contributed by atoms with van der Waals surface area (Å²) in [6, 6.07) is 9.27. The van der Waals surface area contributed by atoms with Crippen LogP contribution in [0.4, 0.5) is 0 Å². The summed E-state index contributed by atoms with van der Waals surface area (Å²) < 4.78 is 21.2. The van der Waals surface area contributed by atoms with E-state index in [1.807, 2.05) is 30.3 Å². The van der Waals surface area contributed by atoms with Crippen LogP contribution in [0.2, 0.25) is 0 Å². The third-order valence-electron chi connectivity index (χ3n) is 3.95. The lowest BCUT2D eigenvalue weighted by molar-refractivity contribution is -0.195. The Morgan fingerprint density at radius 1 is 0.964 bits per heavy atom. The van der Waals surface area contributed by atoms with Crippen molar-refractivity contribution in [3.8, 4) is 0 Å². The van der Waals surface area contributed by atoms with Gasteiger partial charge in [0.2, 0.25) is 18.8 Å². The summed E-state index contributed by atoms with van der Waals surface area (Å²) in [6.07, 6.45) is -3.64. The molecule has 1 aliphatic rings. The van der Waals surface area contributed by atoms with E-state index in [1.54, 1.807) is 0 Å². The van der Waals surface area contributed by atoms with Crippen LogP contribution in [0.25, 0.3) is 0 Å². The molecule has 0 saturated carbocycles. The van der Waals surface area contributed by atoms with E-state index < -0.39 is 42.5 Å². The molecule has 0 bridgehead atoms. The van der Waals surface area contributed by atoms with Crippen LogP contribution in [0.15, 0.2) is 30.3 Å². The molecular weight excluding hydrogens is 370 g/mol. The SMILES string of the molecule is CC(=O)O[C@@H]1O[C@H](CN(C=O)Cc2ccccc2)[C@@H](OC(C)=O)[C@H]1OC(C)=O. The average Bonchev–Trinajstić information content (AvgIpc) is 2.90. The number of esters is 3. The molecule has 152 valence electrons. The van der Waals surface area contributed by atoms with Gasteiger partial charge in [-0.2, -0.15) is 0 Å². The molecular formula is C19H23NO8. The summed E-state index contributed by atoms with van der Waals surface area (Å²) in [5.74, 6) is -1.93. The van der Waals surface area contributed by atoms with Gasteiger partial charge in [-0.1, -0.05) is 30.3 Å². The fraction of sp³-hybridized carbons (Fsp3) is 0.474. The minimum Gasteiger partial charge on any atom is -0.455 e. The highest BCUT2D eigenvalue weighted by Gasteiger charge is 2.51. The zero-order valence-corrected chi connectivity index (χ0v) is 15.9. The van der Waals surface area contributed by atoms with Crippen molar-refractivity contribution in [2.24, 2.45) is 0 Å². The average molecular weight is 393 g/mol. The minimum absolute atomic E-state index is 0.0336. The standard InChI is InChI=1S/C19H23NO8/c1-12(22)25-17-16(10-20(11-21)9-15-7-5-4-6-8-15)28-19(27-14(3)24)18(17)26-13(2)23/h4-8,11,16-19H,9-10H2,1-3H3/t16-,17-,18-,19-/m1/s1. The maximum Gasteiger partial charge on any atom is 0.305 e. The quantitative estimate of drug-likeness (QED) is 0.362. The van der Waals surface area contributed by atoms with Gasteiger partial charge in [0.1, 0.15) is 6.10 Å². The number of benzene rings is 1. The van der Waals surface area contributed by atoms with E-state index in [0.29, 0.717) is 13.0 Å². The molecule has 0 aliphatic carbocycles. The van der Waals surface area contributed by atoms with Crippen LogP contribution in [0.1, 0.15) is 26.3 Å². The number of carbonyl (C=O) groups excluding carboxylic acids is 4. The molecule has 0 unspecified atom stereocenters. The van der Waals surface area contributed by atoms with E-state index in [9.17, 15) is 19.2 Å². The molecule has 1 aromatic rings. The van der Waals surface area contributed by atoms with Gasteiger partial charge in [-0.15, -0.1) is 0 Å². The van der Waals surface area contributed by atoms with Crippen LogP contribution in [0.5, 0.6) is 0 Å². The van der Waals surface area contributed by atoms with E-state index >= 15 is 0 Å². The zero-order valence-electron chi connectivity index (χ0n) is 15.9. The first-order chi connectivity index (χ1) is 13.3. The lowest BCUT2D eigenvalue weighted by Gasteiger charge is -2.25. The molecule has 2 rings (SSSR count). The smallest absolute Gasteiger partial charge is 0.305 e. The first-order valence-corrected chi connectivity index (χ1v) is 8.70. The van der Waals surface area contributed by atoms with Gasteiger partial charge in [0, 0.05) is 27.3 Å². The van der Waals surface area contributed by atoms with Gasteiger partial charge in [0.05, 0.1) is 6.54 Å². The number of carbonyl (C=O) groups is 4. The monoisotopic (exact) mass is 393 g/mol. The Morgan fingerprint density at radius 2 is 1.54 bits per heavy atom. The maximum atomic E-state index is 11.5. The highest BCUT2D eigenvalue weighted by atomic mass is 16.7. The molecule has 1 saturated heterocycles. The van der Waals surface area contributed by atoms with Crippen LogP contribution < -0.4 is 0 Å². The second-order valence-electron chi connectivity index (χ2n) is 6.32. The van der Waals surface area contributed by atoms with Gasteiger partial charge in [0.15, 0.2) is 6.10 Å². The van der Waals surface area contributed by atoms with Crippen LogP contribution >= 0.6 is 0 Å². The summed E-state index contributed by atoms with van der Waals surface area (Å²) in [5.41, 5.74) is 0.893. The minimum atomic E-state index is -1.25. The zero-order chi connectivity index (χ0) is 20.7. The van der Waals surface area contributed by atoms with Crippen molar-refractivity contribution in [2.75, 3.05) is 6.54 Å². The molecule has 1 heterocycles. The molecule has 0 N–H and O–H groups in total. The second-order valence-corrected chi connectivity index (χ2v) is 6.32. The van der Waals surface area contributed by atoms with E-state index in [0.717, 1.165) is 5.56 Å². The topological polar surface area (TPSA) is 108 Å². The van der Waals surface area contributed by atoms with Gasteiger partial charge in [-0.05, 0) is 5.56 Å². The van der Waals surface area contributed by atoms with Crippen molar-refractivity contribution < 1.29 is 38.1 Å². The number of rotatable bonds is 8.